The predicted octanol–water partition coefficient (Wildman–Crippen LogP) is 1.65. The van der Waals surface area contributed by atoms with Crippen molar-refractivity contribution in [3.63, 3.8) is 0 Å². The molecule has 1 aromatic heterocycles. The van der Waals surface area contributed by atoms with E-state index in [-0.39, 0.29) is 12.5 Å². The van der Waals surface area contributed by atoms with Gasteiger partial charge in [0.2, 0.25) is 5.91 Å². The van der Waals surface area contributed by atoms with Gasteiger partial charge in [-0.25, -0.2) is 0 Å². The Bertz CT molecular complexity index is 652. The van der Waals surface area contributed by atoms with Crippen LogP contribution in [0.2, 0.25) is 0 Å². The van der Waals surface area contributed by atoms with Gasteiger partial charge in [0.05, 0.1) is 12.3 Å². The monoisotopic (exact) mass is 326 g/mol. The molecular weight excluding hydrogens is 304 g/mol. The summed E-state index contributed by atoms with van der Waals surface area (Å²) < 4.78 is 5.53. The number of ether oxygens (including phenoxy) is 1. The highest BCUT2D eigenvalue weighted by Crippen LogP contribution is 2.13. The zero-order chi connectivity index (χ0) is 16.8. The molecule has 1 saturated heterocycles. The van der Waals surface area contributed by atoms with Crippen molar-refractivity contribution in [3.05, 3.63) is 53.7 Å². The van der Waals surface area contributed by atoms with Crippen molar-refractivity contribution in [2.45, 2.75) is 13.5 Å². The predicted molar refractivity (Wildman–Crippen MR) is 91.7 cm³/mol. The topological polar surface area (TPSA) is 58.6 Å². The van der Waals surface area contributed by atoms with Gasteiger partial charge >= 0.3 is 0 Å². The third kappa shape index (κ3) is 4.29. The Kier molecular flexibility index (Phi) is 5.38. The van der Waals surface area contributed by atoms with E-state index in [0.717, 1.165) is 30.2 Å². The molecule has 3 rings (SSSR count). The van der Waals surface area contributed by atoms with E-state index in [9.17, 15) is 4.79 Å². The lowest BCUT2D eigenvalue weighted by Crippen LogP contribution is -2.50. The van der Waals surface area contributed by atoms with Crippen LogP contribution in [0.1, 0.15) is 11.3 Å². The minimum absolute atomic E-state index is 0.0422. The minimum atomic E-state index is 0.0422. The number of amides is 1. The summed E-state index contributed by atoms with van der Waals surface area (Å²) in [5, 5.41) is 8.29. The van der Waals surface area contributed by atoms with Gasteiger partial charge < -0.3 is 14.5 Å². The van der Waals surface area contributed by atoms with Gasteiger partial charge in [0.15, 0.2) is 5.82 Å². The molecule has 126 valence electrons. The number of nitrogens with zero attached hydrogens (tertiary/aromatic N) is 4. The van der Waals surface area contributed by atoms with Gasteiger partial charge in [-0.2, -0.15) is 5.10 Å². The SMILES string of the molecule is Cc1ccc(N2CCN(C(=O)COCc3ccccc3)CC2)nn1. The molecule has 0 atom stereocenters. The second-order valence-electron chi connectivity index (χ2n) is 5.88. The third-order valence-corrected chi connectivity index (χ3v) is 4.08. The van der Waals surface area contributed by atoms with E-state index < -0.39 is 0 Å². The molecule has 1 fully saturated rings. The summed E-state index contributed by atoms with van der Waals surface area (Å²) in [5.74, 6) is 0.911. The second-order valence-corrected chi connectivity index (χ2v) is 5.88. The van der Waals surface area contributed by atoms with Crippen molar-refractivity contribution in [1.29, 1.82) is 0 Å². The maximum absolute atomic E-state index is 12.2. The largest absolute Gasteiger partial charge is 0.367 e. The van der Waals surface area contributed by atoms with Crippen LogP contribution in [-0.2, 0) is 16.1 Å². The number of hydrogen-bond donors (Lipinski definition) is 0. The molecule has 0 aliphatic carbocycles. The smallest absolute Gasteiger partial charge is 0.248 e. The lowest BCUT2D eigenvalue weighted by Gasteiger charge is -2.35. The van der Waals surface area contributed by atoms with Crippen LogP contribution in [-0.4, -0.2) is 53.8 Å². The number of aryl methyl sites for hydroxylation is 1. The van der Waals surface area contributed by atoms with Gasteiger partial charge in [-0.1, -0.05) is 30.3 Å². The first kappa shape index (κ1) is 16.4. The molecule has 24 heavy (non-hydrogen) atoms. The van der Waals surface area contributed by atoms with Crippen LogP contribution >= 0.6 is 0 Å². The zero-order valence-electron chi connectivity index (χ0n) is 13.9. The van der Waals surface area contributed by atoms with Gasteiger partial charge in [0.1, 0.15) is 6.61 Å². The molecule has 1 aromatic carbocycles. The summed E-state index contributed by atoms with van der Waals surface area (Å²) in [5.41, 5.74) is 1.98. The number of anilines is 1. The van der Waals surface area contributed by atoms with Crippen LogP contribution in [0.15, 0.2) is 42.5 Å². The van der Waals surface area contributed by atoms with Crippen LogP contribution < -0.4 is 4.90 Å². The summed E-state index contributed by atoms with van der Waals surface area (Å²) in [6.45, 7) is 5.41. The van der Waals surface area contributed by atoms with Crippen LogP contribution in [0.25, 0.3) is 0 Å². The first-order chi connectivity index (χ1) is 11.7. The van der Waals surface area contributed by atoms with E-state index in [2.05, 4.69) is 15.1 Å². The van der Waals surface area contributed by atoms with Crippen molar-refractivity contribution < 1.29 is 9.53 Å². The van der Waals surface area contributed by atoms with Crippen molar-refractivity contribution in [2.24, 2.45) is 0 Å². The normalized spacial score (nSPS) is 14.7. The lowest BCUT2D eigenvalue weighted by atomic mass is 10.2. The molecule has 0 radical (unpaired) electrons. The number of hydrogen-bond acceptors (Lipinski definition) is 5. The average molecular weight is 326 g/mol. The molecule has 1 aliphatic heterocycles. The molecule has 2 heterocycles. The molecule has 6 heteroatoms. The quantitative estimate of drug-likeness (QED) is 0.836. The summed E-state index contributed by atoms with van der Waals surface area (Å²) in [7, 11) is 0. The van der Waals surface area contributed by atoms with Crippen molar-refractivity contribution in [1.82, 2.24) is 15.1 Å². The number of carbonyl (C=O) groups is 1. The number of piperazine rings is 1. The Morgan fingerprint density at radius 1 is 1.04 bits per heavy atom. The molecular formula is C18H22N4O2. The van der Waals surface area contributed by atoms with E-state index in [0.29, 0.717) is 19.7 Å². The molecule has 1 aliphatic rings. The second kappa shape index (κ2) is 7.88. The van der Waals surface area contributed by atoms with E-state index in [4.69, 9.17) is 4.74 Å². The Morgan fingerprint density at radius 2 is 1.79 bits per heavy atom. The first-order valence-electron chi connectivity index (χ1n) is 8.17. The number of benzene rings is 1. The standard InChI is InChI=1S/C18H22N4O2/c1-15-7-8-17(20-19-15)21-9-11-22(12-10-21)18(23)14-24-13-16-5-3-2-4-6-16/h2-8H,9-14H2,1H3. The minimum Gasteiger partial charge on any atom is -0.367 e. The van der Waals surface area contributed by atoms with Crippen molar-refractivity contribution >= 4 is 11.7 Å². The lowest BCUT2D eigenvalue weighted by molar-refractivity contribution is -0.136. The highest BCUT2D eigenvalue weighted by molar-refractivity contribution is 5.77. The van der Waals surface area contributed by atoms with E-state index >= 15 is 0 Å². The van der Waals surface area contributed by atoms with Gasteiger partial charge in [-0.05, 0) is 24.6 Å². The maximum Gasteiger partial charge on any atom is 0.248 e. The fourth-order valence-corrected chi connectivity index (χ4v) is 2.67. The highest BCUT2D eigenvalue weighted by atomic mass is 16.5. The molecule has 0 unspecified atom stereocenters. The Labute approximate surface area is 142 Å². The van der Waals surface area contributed by atoms with Crippen LogP contribution in [0, 0.1) is 6.92 Å². The summed E-state index contributed by atoms with van der Waals surface area (Å²) in [6.07, 6.45) is 0. The van der Waals surface area contributed by atoms with E-state index in [1.807, 2.05) is 54.3 Å². The van der Waals surface area contributed by atoms with Crippen LogP contribution in [0.4, 0.5) is 5.82 Å². The number of rotatable bonds is 5. The van der Waals surface area contributed by atoms with Gasteiger partial charge in [-0.15, -0.1) is 5.10 Å². The Morgan fingerprint density at radius 3 is 2.46 bits per heavy atom. The maximum atomic E-state index is 12.2. The fourth-order valence-electron chi connectivity index (χ4n) is 2.67. The number of carbonyl (C=O) groups excluding carboxylic acids is 1. The Hall–Kier alpha value is -2.47. The summed E-state index contributed by atoms with van der Waals surface area (Å²) >= 11 is 0. The molecule has 0 bridgehead atoms. The molecule has 2 aromatic rings. The summed E-state index contributed by atoms with van der Waals surface area (Å²) in [4.78, 5) is 16.2. The molecule has 6 nitrogen and oxygen atoms in total. The van der Waals surface area contributed by atoms with Crippen LogP contribution in [0.3, 0.4) is 0 Å². The molecule has 0 N–H and O–H groups in total. The highest BCUT2D eigenvalue weighted by Gasteiger charge is 2.22. The van der Waals surface area contributed by atoms with E-state index in [1.165, 1.54) is 0 Å². The number of aromatic nitrogens is 2. The third-order valence-electron chi connectivity index (χ3n) is 4.08. The average Bonchev–Trinajstić information content (AvgIpc) is 2.63. The molecule has 0 spiro atoms. The van der Waals surface area contributed by atoms with Gasteiger partial charge in [0, 0.05) is 26.2 Å². The zero-order valence-corrected chi connectivity index (χ0v) is 13.9. The van der Waals surface area contributed by atoms with Crippen molar-refractivity contribution in [2.75, 3.05) is 37.7 Å². The van der Waals surface area contributed by atoms with Gasteiger partial charge in [0.25, 0.3) is 0 Å². The van der Waals surface area contributed by atoms with E-state index in [1.54, 1.807) is 0 Å². The summed E-state index contributed by atoms with van der Waals surface area (Å²) in [6, 6.07) is 13.8. The molecule has 1 amide bonds. The first-order valence-corrected chi connectivity index (χ1v) is 8.17. The Balaban J connectivity index is 1.42. The molecule has 0 saturated carbocycles. The van der Waals surface area contributed by atoms with Crippen LogP contribution in [0.5, 0.6) is 0 Å². The van der Waals surface area contributed by atoms with Crippen molar-refractivity contribution in [3.8, 4) is 0 Å². The fraction of sp³-hybridized carbons (Fsp3) is 0.389. The van der Waals surface area contributed by atoms with Gasteiger partial charge in [-0.3, -0.25) is 4.79 Å².